The van der Waals surface area contributed by atoms with E-state index in [0.717, 1.165) is 11.3 Å². The Kier molecular flexibility index (Phi) is 4.16. The molecule has 0 saturated carbocycles. The maximum absolute atomic E-state index is 10.6. The number of esters is 1. The third-order valence-corrected chi connectivity index (χ3v) is 1.84. The van der Waals surface area contributed by atoms with Crippen LogP contribution in [0.25, 0.3) is 0 Å². The van der Waals surface area contributed by atoms with Crippen molar-refractivity contribution in [3.05, 3.63) is 29.8 Å². The second-order valence-corrected chi connectivity index (χ2v) is 3.55. The van der Waals surface area contributed by atoms with Gasteiger partial charge in [0.2, 0.25) is 0 Å². The molecule has 0 spiro atoms. The van der Waals surface area contributed by atoms with Crippen LogP contribution in [0.3, 0.4) is 0 Å². The Labute approximate surface area is 90.0 Å². The van der Waals surface area contributed by atoms with E-state index in [9.17, 15) is 4.79 Å². The van der Waals surface area contributed by atoms with Crippen LogP contribution >= 0.6 is 0 Å². The summed E-state index contributed by atoms with van der Waals surface area (Å²) in [5, 5.41) is 0. The number of carbonyl (C=O) groups excluding carboxylic acids is 1. The minimum Gasteiger partial charge on any atom is -0.490 e. The fourth-order valence-electron chi connectivity index (χ4n) is 1.24. The van der Waals surface area contributed by atoms with Crippen LogP contribution in [0.2, 0.25) is 0 Å². The van der Waals surface area contributed by atoms with Gasteiger partial charge in [-0.3, -0.25) is 4.79 Å². The fraction of sp³-hybridized carbons (Fsp3) is 0.417. The number of rotatable bonds is 4. The first-order valence-corrected chi connectivity index (χ1v) is 4.94. The van der Waals surface area contributed by atoms with Crippen molar-refractivity contribution in [2.24, 2.45) is 0 Å². The van der Waals surface area contributed by atoms with E-state index in [-0.39, 0.29) is 12.1 Å². The summed E-state index contributed by atoms with van der Waals surface area (Å²) in [6.07, 6.45) is -0.219. The summed E-state index contributed by atoms with van der Waals surface area (Å²) in [6, 6.07) is 7.76. The van der Waals surface area contributed by atoms with Gasteiger partial charge in [-0.05, 0) is 31.5 Å². The van der Waals surface area contributed by atoms with Crippen molar-refractivity contribution >= 4 is 5.97 Å². The minimum atomic E-state index is -0.282. The van der Waals surface area contributed by atoms with Gasteiger partial charge in [-0.1, -0.05) is 12.1 Å². The fourth-order valence-corrected chi connectivity index (χ4v) is 1.24. The van der Waals surface area contributed by atoms with Gasteiger partial charge in [0.1, 0.15) is 18.5 Å². The third-order valence-electron chi connectivity index (χ3n) is 1.84. The summed E-state index contributed by atoms with van der Waals surface area (Å²) in [6.45, 7) is 5.58. The van der Waals surface area contributed by atoms with Crippen LogP contribution in [0.15, 0.2) is 24.3 Å². The zero-order valence-electron chi connectivity index (χ0n) is 9.32. The number of ether oxygens (including phenoxy) is 2. The van der Waals surface area contributed by atoms with Gasteiger partial charge in [-0.25, -0.2) is 0 Å². The van der Waals surface area contributed by atoms with Crippen molar-refractivity contribution in [1.29, 1.82) is 0 Å². The summed E-state index contributed by atoms with van der Waals surface area (Å²) in [5.74, 6) is 0.518. The van der Waals surface area contributed by atoms with Crippen molar-refractivity contribution in [2.75, 3.05) is 6.61 Å². The lowest BCUT2D eigenvalue weighted by Crippen LogP contribution is -2.20. The Balaban J connectivity index is 2.40. The van der Waals surface area contributed by atoms with Crippen LogP contribution in [0, 0.1) is 6.92 Å². The van der Waals surface area contributed by atoms with Gasteiger partial charge in [0.05, 0.1) is 0 Å². The monoisotopic (exact) mass is 208 g/mol. The second-order valence-electron chi connectivity index (χ2n) is 3.55. The maximum atomic E-state index is 10.6. The first-order valence-electron chi connectivity index (χ1n) is 4.94. The van der Waals surface area contributed by atoms with Gasteiger partial charge < -0.3 is 9.47 Å². The van der Waals surface area contributed by atoms with Gasteiger partial charge in [0.25, 0.3) is 0 Å². The Bertz CT molecular complexity index is 333. The lowest BCUT2D eigenvalue weighted by Gasteiger charge is -2.13. The number of hydrogen-bond donors (Lipinski definition) is 0. The Morgan fingerprint density at radius 3 is 2.80 bits per heavy atom. The summed E-state index contributed by atoms with van der Waals surface area (Å²) < 4.78 is 10.4. The van der Waals surface area contributed by atoms with Crippen LogP contribution in [-0.2, 0) is 9.53 Å². The maximum Gasteiger partial charge on any atom is 0.303 e. The molecule has 0 N–H and O–H groups in total. The molecule has 0 aliphatic rings. The average Bonchev–Trinajstić information content (AvgIpc) is 2.14. The molecule has 0 aliphatic carbocycles. The van der Waals surface area contributed by atoms with E-state index >= 15 is 0 Å². The molecular formula is C12H16O3. The van der Waals surface area contributed by atoms with E-state index in [0.29, 0.717) is 6.61 Å². The van der Waals surface area contributed by atoms with Crippen LogP contribution < -0.4 is 4.74 Å². The third kappa shape index (κ3) is 4.49. The molecule has 0 radical (unpaired) electrons. The first-order chi connectivity index (χ1) is 7.08. The Hall–Kier alpha value is -1.51. The van der Waals surface area contributed by atoms with E-state index in [1.807, 2.05) is 31.2 Å². The van der Waals surface area contributed by atoms with Crippen LogP contribution in [-0.4, -0.2) is 18.7 Å². The molecule has 82 valence electrons. The van der Waals surface area contributed by atoms with Crippen molar-refractivity contribution in [1.82, 2.24) is 0 Å². The topological polar surface area (TPSA) is 35.5 Å². The van der Waals surface area contributed by atoms with Gasteiger partial charge >= 0.3 is 5.97 Å². The molecule has 0 saturated heterocycles. The number of carbonyl (C=O) groups is 1. The van der Waals surface area contributed by atoms with Crippen LogP contribution in [0.1, 0.15) is 19.4 Å². The highest BCUT2D eigenvalue weighted by atomic mass is 16.6. The molecule has 0 aromatic heterocycles. The molecule has 3 heteroatoms. The minimum absolute atomic E-state index is 0.219. The Morgan fingerprint density at radius 1 is 1.47 bits per heavy atom. The van der Waals surface area contributed by atoms with E-state index < -0.39 is 0 Å². The van der Waals surface area contributed by atoms with E-state index in [1.54, 1.807) is 6.92 Å². The highest BCUT2D eigenvalue weighted by Gasteiger charge is 2.05. The van der Waals surface area contributed by atoms with E-state index in [4.69, 9.17) is 9.47 Å². The SMILES string of the molecule is CC(=O)OC(C)COc1cccc(C)c1. The number of hydrogen-bond acceptors (Lipinski definition) is 3. The second kappa shape index (κ2) is 5.39. The molecular weight excluding hydrogens is 192 g/mol. The molecule has 0 aliphatic heterocycles. The van der Waals surface area contributed by atoms with Crippen molar-refractivity contribution < 1.29 is 14.3 Å². The highest BCUT2D eigenvalue weighted by Crippen LogP contribution is 2.12. The Morgan fingerprint density at radius 2 is 2.20 bits per heavy atom. The standard InChI is InChI=1S/C12H16O3/c1-9-5-4-6-12(7-9)14-8-10(2)15-11(3)13/h4-7,10H,8H2,1-3H3. The van der Waals surface area contributed by atoms with E-state index in [1.165, 1.54) is 6.92 Å². The first kappa shape index (κ1) is 11.6. The lowest BCUT2D eigenvalue weighted by molar-refractivity contribution is -0.146. The largest absolute Gasteiger partial charge is 0.490 e. The molecule has 3 nitrogen and oxygen atoms in total. The van der Waals surface area contributed by atoms with E-state index in [2.05, 4.69) is 0 Å². The summed E-state index contributed by atoms with van der Waals surface area (Å²) in [5.41, 5.74) is 1.15. The van der Waals surface area contributed by atoms with Gasteiger partial charge in [-0.15, -0.1) is 0 Å². The molecule has 1 atom stereocenters. The molecule has 0 bridgehead atoms. The van der Waals surface area contributed by atoms with Crippen molar-refractivity contribution in [3.8, 4) is 5.75 Å². The van der Waals surface area contributed by atoms with Gasteiger partial charge in [-0.2, -0.15) is 0 Å². The normalized spacial score (nSPS) is 11.9. The molecule has 0 amide bonds. The molecule has 1 unspecified atom stereocenters. The molecule has 0 fully saturated rings. The predicted octanol–water partition coefficient (Wildman–Crippen LogP) is 2.33. The smallest absolute Gasteiger partial charge is 0.303 e. The summed E-state index contributed by atoms with van der Waals surface area (Å²) in [7, 11) is 0. The van der Waals surface area contributed by atoms with Crippen LogP contribution in [0.4, 0.5) is 0 Å². The van der Waals surface area contributed by atoms with Crippen molar-refractivity contribution in [3.63, 3.8) is 0 Å². The number of benzene rings is 1. The lowest BCUT2D eigenvalue weighted by atomic mass is 10.2. The molecule has 1 aromatic rings. The highest BCUT2D eigenvalue weighted by molar-refractivity contribution is 5.66. The number of aryl methyl sites for hydroxylation is 1. The average molecular weight is 208 g/mol. The van der Waals surface area contributed by atoms with Gasteiger partial charge in [0, 0.05) is 6.92 Å². The zero-order valence-corrected chi connectivity index (χ0v) is 9.32. The zero-order chi connectivity index (χ0) is 11.3. The van der Waals surface area contributed by atoms with Crippen LogP contribution in [0.5, 0.6) is 5.75 Å². The molecule has 1 rings (SSSR count). The summed E-state index contributed by atoms with van der Waals surface area (Å²) in [4.78, 5) is 10.6. The molecule has 1 aromatic carbocycles. The predicted molar refractivity (Wildman–Crippen MR) is 57.9 cm³/mol. The summed E-state index contributed by atoms with van der Waals surface area (Å²) >= 11 is 0. The molecule has 15 heavy (non-hydrogen) atoms. The van der Waals surface area contributed by atoms with Crippen molar-refractivity contribution in [2.45, 2.75) is 26.9 Å². The quantitative estimate of drug-likeness (QED) is 0.712. The molecule has 0 heterocycles. The van der Waals surface area contributed by atoms with Gasteiger partial charge in [0.15, 0.2) is 0 Å².